The molecular formula is C15H20N4O2. The highest BCUT2D eigenvalue weighted by atomic mass is 16.3. The van der Waals surface area contributed by atoms with Crippen molar-refractivity contribution in [2.75, 3.05) is 26.7 Å². The molecule has 0 saturated carbocycles. The summed E-state index contributed by atoms with van der Waals surface area (Å²) in [4.78, 5) is 24.0. The number of aromatic nitrogens is 2. The fourth-order valence-corrected chi connectivity index (χ4v) is 2.70. The standard InChI is InChI=1S/C15H20N4O2/c1-18-7-8-19(10-13(18)15-16-5-6-17-15)14(20)3-2-12-4-9-21-11-12/h4-6,9,11,13H,2-3,7-8,10H2,1H3,(H,16,17)/t13-/m0/s1. The first-order chi connectivity index (χ1) is 10.2. The van der Waals surface area contributed by atoms with E-state index in [-0.39, 0.29) is 11.9 Å². The Morgan fingerprint density at radius 1 is 1.52 bits per heavy atom. The van der Waals surface area contributed by atoms with Crippen molar-refractivity contribution >= 4 is 5.91 Å². The largest absolute Gasteiger partial charge is 0.472 e. The summed E-state index contributed by atoms with van der Waals surface area (Å²) in [7, 11) is 2.07. The van der Waals surface area contributed by atoms with Crippen LogP contribution in [-0.2, 0) is 11.2 Å². The van der Waals surface area contributed by atoms with Gasteiger partial charge in [0.05, 0.1) is 18.6 Å². The molecule has 0 aromatic carbocycles. The highest BCUT2D eigenvalue weighted by Gasteiger charge is 2.29. The van der Waals surface area contributed by atoms with Crippen molar-refractivity contribution < 1.29 is 9.21 Å². The summed E-state index contributed by atoms with van der Waals surface area (Å²) in [6.45, 7) is 2.33. The van der Waals surface area contributed by atoms with Crippen LogP contribution in [0.3, 0.4) is 0 Å². The van der Waals surface area contributed by atoms with Crippen molar-refractivity contribution in [3.63, 3.8) is 0 Å². The molecule has 0 bridgehead atoms. The number of H-pyrrole nitrogens is 1. The molecule has 1 atom stereocenters. The van der Waals surface area contributed by atoms with Gasteiger partial charge >= 0.3 is 0 Å². The predicted octanol–water partition coefficient (Wildman–Crippen LogP) is 1.45. The number of likely N-dealkylation sites (N-methyl/N-ethyl adjacent to an activating group) is 1. The average molecular weight is 288 g/mol. The summed E-state index contributed by atoms with van der Waals surface area (Å²) in [6, 6.07) is 2.05. The topological polar surface area (TPSA) is 65.4 Å². The minimum atomic E-state index is 0.145. The average Bonchev–Trinajstić information content (AvgIpc) is 3.18. The van der Waals surface area contributed by atoms with Crippen molar-refractivity contribution in [3.05, 3.63) is 42.4 Å². The third-order valence-corrected chi connectivity index (χ3v) is 4.04. The summed E-state index contributed by atoms with van der Waals surface area (Å²) in [5, 5.41) is 0. The van der Waals surface area contributed by atoms with E-state index in [0.717, 1.165) is 30.9 Å². The first-order valence-electron chi connectivity index (χ1n) is 7.22. The Hall–Kier alpha value is -2.08. The van der Waals surface area contributed by atoms with Gasteiger partial charge in [0.15, 0.2) is 0 Å². The van der Waals surface area contributed by atoms with E-state index in [9.17, 15) is 4.79 Å². The van der Waals surface area contributed by atoms with Crippen LogP contribution in [0.2, 0.25) is 0 Å². The zero-order valence-electron chi connectivity index (χ0n) is 12.2. The molecule has 3 heterocycles. The van der Waals surface area contributed by atoms with Gasteiger partial charge in [0.2, 0.25) is 5.91 Å². The number of imidazole rings is 1. The number of hydrogen-bond donors (Lipinski definition) is 1. The number of furan rings is 1. The maximum absolute atomic E-state index is 12.4. The lowest BCUT2D eigenvalue weighted by Crippen LogP contribution is -2.49. The van der Waals surface area contributed by atoms with E-state index in [1.165, 1.54) is 0 Å². The van der Waals surface area contributed by atoms with Crippen LogP contribution in [0, 0.1) is 0 Å². The molecular weight excluding hydrogens is 268 g/mol. The number of nitrogens with one attached hydrogen (secondary N) is 1. The number of piperazine rings is 1. The van der Waals surface area contributed by atoms with Crippen molar-refractivity contribution in [3.8, 4) is 0 Å². The van der Waals surface area contributed by atoms with Gasteiger partial charge in [-0.25, -0.2) is 4.98 Å². The van der Waals surface area contributed by atoms with Gasteiger partial charge in [-0.1, -0.05) is 0 Å². The molecule has 6 heteroatoms. The first-order valence-corrected chi connectivity index (χ1v) is 7.22. The molecule has 0 aliphatic carbocycles. The molecule has 1 saturated heterocycles. The molecule has 0 spiro atoms. The fourth-order valence-electron chi connectivity index (χ4n) is 2.70. The second kappa shape index (κ2) is 6.13. The lowest BCUT2D eigenvalue weighted by atomic mass is 10.1. The molecule has 21 heavy (non-hydrogen) atoms. The van der Waals surface area contributed by atoms with Gasteiger partial charge in [-0.15, -0.1) is 0 Å². The summed E-state index contributed by atoms with van der Waals surface area (Å²) < 4.78 is 5.03. The number of aromatic amines is 1. The van der Waals surface area contributed by atoms with E-state index in [0.29, 0.717) is 13.0 Å². The van der Waals surface area contributed by atoms with Crippen LogP contribution in [0.25, 0.3) is 0 Å². The van der Waals surface area contributed by atoms with Gasteiger partial charge < -0.3 is 14.3 Å². The van der Waals surface area contributed by atoms with Gasteiger partial charge in [0.25, 0.3) is 0 Å². The molecule has 6 nitrogen and oxygen atoms in total. The lowest BCUT2D eigenvalue weighted by Gasteiger charge is -2.38. The Morgan fingerprint density at radius 3 is 3.14 bits per heavy atom. The van der Waals surface area contributed by atoms with E-state index in [1.807, 2.05) is 17.2 Å². The smallest absolute Gasteiger partial charge is 0.223 e. The normalized spacial score (nSPS) is 19.9. The van der Waals surface area contributed by atoms with Crippen molar-refractivity contribution in [1.29, 1.82) is 0 Å². The van der Waals surface area contributed by atoms with Crippen LogP contribution in [0.4, 0.5) is 0 Å². The molecule has 0 unspecified atom stereocenters. The van der Waals surface area contributed by atoms with E-state index in [2.05, 4.69) is 21.9 Å². The molecule has 112 valence electrons. The molecule has 1 N–H and O–H groups in total. The Balaban J connectivity index is 1.59. The Labute approximate surface area is 123 Å². The van der Waals surface area contributed by atoms with Crippen LogP contribution >= 0.6 is 0 Å². The number of hydrogen-bond acceptors (Lipinski definition) is 4. The summed E-state index contributed by atoms with van der Waals surface area (Å²) in [5.41, 5.74) is 1.07. The number of carbonyl (C=O) groups excluding carboxylic acids is 1. The lowest BCUT2D eigenvalue weighted by molar-refractivity contribution is -0.134. The number of carbonyl (C=O) groups is 1. The number of aryl methyl sites for hydroxylation is 1. The first kappa shape index (κ1) is 13.9. The third kappa shape index (κ3) is 3.16. The quantitative estimate of drug-likeness (QED) is 0.925. The molecule has 1 amide bonds. The van der Waals surface area contributed by atoms with E-state index >= 15 is 0 Å². The number of nitrogens with zero attached hydrogens (tertiary/aromatic N) is 3. The Morgan fingerprint density at radius 2 is 2.43 bits per heavy atom. The van der Waals surface area contributed by atoms with Crippen LogP contribution in [0.5, 0.6) is 0 Å². The van der Waals surface area contributed by atoms with Crippen LogP contribution in [0.1, 0.15) is 23.9 Å². The fraction of sp³-hybridized carbons (Fsp3) is 0.467. The monoisotopic (exact) mass is 288 g/mol. The molecule has 2 aromatic heterocycles. The van der Waals surface area contributed by atoms with Gasteiger partial charge in [0.1, 0.15) is 5.82 Å². The summed E-state index contributed by atoms with van der Waals surface area (Å²) in [6.07, 6.45) is 8.17. The van der Waals surface area contributed by atoms with E-state index in [4.69, 9.17) is 4.42 Å². The molecule has 3 rings (SSSR count). The highest BCUT2D eigenvalue weighted by Crippen LogP contribution is 2.21. The SMILES string of the molecule is CN1CCN(C(=O)CCc2ccoc2)C[C@H]1c1ncc[nH]1. The van der Waals surface area contributed by atoms with Gasteiger partial charge in [0, 0.05) is 38.4 Å². The number of amides is 1. The Bertz CT molecular complexity index is 565. The minimum absolute atomic E-state index is 0.145. The third-order valence-electron chi connectivity index (χ3n) is 4.04. The molecule has 0 radical (unpaired) electrons. The molecule has 1 aliphatic heterocycles. The van der Waals surface area contributed by atoms with Gasteiger partial charge in [-0.3, -0.25) is 9.69 Å². The van der Waals surface area contributed by atoms with Gasteiger partial charge in [-0.2, -0.15) is 0 Å². The zero-order valence-corrected chi connectivity index (χ0v) is 12.2. The summed E-state index contributed by atoms with van der Waals surface area (Å²) in [5.74, 6) is 1.12. The van der Waals surface area contributed by atoms with Crippen molar-refractivity contribution in [1.82, 2.24) is 19.8 Å². The molecule has 1 fully saturated rings. The predicted molar refractivity (Wildman–Crippen MR) is 77.6 cm³/mol. The van der Waals surface area contributed by atoms with Gasteiger partial charge in [-0.05, 0) is 25.1 Å². The molecule has 1 aliphatic rings. The highest BCUT2D eigenvalue weighted by molar-refractivity contribution is 5.76. The minimum Gasteiger partial charge on any atom is -0.472 e. The van der Waals surface area contributed by atoms with E-state index in [1.54, 1.807) is 18.7 Å². The van der Waals surface area contributed by atoms with Crippen LogP contribution in [0.15, 0.2) is 35.4 Å². The maximum atomic E-state index is 12.4. The Kier molecular flexibility index (Phi) is 4.06. The molecule has 2 aromatic rings. The van der Waals surface area contributed by atoms with Crippen molar-refractivity contribution in [2.24, 2.45) is 0 Å². The van der Waals surface area contributed by atoms with Crippen LogP contribution < -0.4 is 0 Å². The maximum Gasteiger partial charge on any atom is 0.223 e. The second-order valence-electron chi connectivity index (χ2n) is 5.44. The van der Waals surface area contributed by atoms with Crippen LogP contribution in [-0.4, -0.2) is 52.4 Å². The number of rotatable bonds is 4. The zero-order chi connectivity index (χ0) is 14.7. The van der Waals surface area contributed by atoms with E-state index < -0.39 is 0 Å². The second-order valence-corrected chi connectivity index (χ2v) is 5.44. The van der Waals surface area contributed by atoms with Crippen molar-refractivity contribution in [2.45, 2.75) is 18.9 Å². The summed E-state index contributed by atoms with van der Waals surface area (Å²) >= 11 is 0.